The Hall–Kier alpha value is -2.86. The number of thiophene rings is 1. The van der Waals surface area contributed by atoms with Gasteiger partial charge in [-0.3, -0.25) is 9.69 Å². The van der Waals surface area contributed by atoms with E-state index in [1.54, 1.807) is 51.3 Å². The van der Waals surface area contributed by atoms with Crippen LogP contribution in [0.4, 0.5) is 5.69 Å². The number of hydrogen-bond acceptors (Lipinski definition) is 5. The van der Waals surface area contributed by atoms with Gasteiger partial charge in [-0.05, 0) is 55.6 Å². The molecule has 0 saturated carbocycles. The van der Waals surface area contributed by atoms with Gasteiger partial charge in [-0.1, -0.05) is 6.07 Å². The topological polar surface area (TPSA) is 55.8 Å². The van der Waals surface area contributed by atoms with Crippen molar-refractivity contribution in [1.82, 2.24) is 0 Å². The van der Waals surface area contributed by atoms with E-state index < -0.39 is 5.97 Å². The number of amides is 1. The van der Waals surface area contributed by atoms with Crippen molar-refractivity contribution in [2.45, 2.75) is 13.8 Å². The summed E-state index contributed by atoms with van der Waals surface area (Å²) in [5.74, 6) is -0.0386. The van der Waals surface area contributed by atoms with Gasteiger partial charge < -0.3 is 9.47 Å². The lowest BCUT2D eigenvalue weighted by Gasteiger charge is -2.18. The van der Waals surface area contributed by atoms with Crippen LogP contribution in [0.15, 0.2) is 58.6 Å². The lowest BCUT2D eigenvalue weighted by Crippen LogP contribution is -2.24. The standard InChI is InChI=1S/C20H19NO4S/c1-4-25-20(23)18-13(2)21(14-7-9-15(24-3)10-8-14)19(22)17(18)12-16-6-5-11-26-16/h5-12H,4H2,1-3H3. The maximum absolute atomic E-state index is 13.1. The number of benzene rings is 1. The van der Waals surface area contributed by atoms with E-state index in [-0.39, 0.29) is 12.5 Å². The van der Waals surface area contributed by atoms with Gasteiger partial charge in [0.1, 0.15) is 5.75 Å². The number of carbonyl (C=O) groups is 2. The molecule has 0 radical (unpaired) electrons. The van der Waals surface area contributed by atoms with Crippen LogP contribution in [0.2, 0.25) is 0 Å². The Morgan fingerprint density at radius 2 is 1.96 bits per heavy atom. The van der Waals surface area contributed by atoms with E-state index in [0.717, 1.165) is 4.88 Å². The van der Waals surface area contributed by atoms with Gasteiger partial charge >= 0.3 is 5.97 Å². The number of rotatable bonds is 5. The van der Waals surface area contributed by atoms with Gasteiger partial charge in [-0.25, -0.2) is 4.79 Å². The molecule has 0 bridgehead atoms. The van der Waals surface area contributed by atoms with Gasteiger partial charge in [0.05, 0.1) is 24.9 Å². The third-order valence-electron chi connectivity index (χ3n) is 4.04. The number of hydrogen-bond donors (Lipinski definition) is 0. The summed E-state index contributed by atoms with van der Waals surface area (Å²) in [5.41, 5.74) is 1.88. The molecule has 0 N–H and O–H groups in total. The van der Waals surface area contributed by atoms with Crippen molar-refractivity contribution in [3.63, 3.8) is 0 Å². The summed E-state index contributed by atoms with van der Waals surface area (Å²) in [5, 5.41) is 1.92. The quantitative estimate of drug-likeness (QED) is 0.590. The first-order valence-electron chi connectivity index (χ1n) is 8.19. The summed E-state index contributed by atoms with van der Waals surface area (Å²) in [6, 6.07) is 10.9. The van der Waals surface area contributed by atoms with E-state index in [0.29, 0.717) is 28.3 Å². The summed E-state index contributed by atoms with van der Waals surface area (Å²) in [4.78, 5) is 28.0. The van der Waals surface area contributed by atoms with Gasteiger partial charge in [0.2, 0.25) is 0 Å². The molecule has 26 heavy (non-hydrogen) atoms. The highest BCUT2D eigenvalue weighted by Gasteiger charge is 2.38. The molecule has 6 heteroatoms. The third kappa shape index (κ3) is 3.28. The number of esters is 1. The fraction of sp³-hybridized carbons (Fsp3) is 0.200. The summed E-state index contributed by atoms with van der Waals surface area (Å²) >= 11 is 1.50. The molecule has 1 aromatic carbocycles. The van der Waals surface area contributed by atoms with Crippen LogP contribution in [-0.2, 0) is 14.3 Å². The summed E-state index contributed by atoms with van der Waals surface area (Å²) < 4.78 is 10.4. The van der Waals surface area contributed by atoms with E-state index in [9.17, 15) is 9.59 Å². The van der Waals surface area contributed by atoms with Crippen molar-refractivity contribution in [3.8, 4) is 5.75 Å². The fourth-order valence-corrected chi connectivity index (χ4v) is 3.50. The molecule has 0 aliphatic carbocycles. The van der Waals surface area contributed by atoms with Crippen LogP contribution < -0.4 is 9.64 Å². The molecule has 2 aromatic rings. The minimum absolute atomic E-state index is 0.246. The summed E-state index contributed by atoms with van der Waals surface area (Å²) in [6.45, 7) is 3.75. The molecule has 1 amide bonds. The van der Waals surface area contributed by atoms with E-state index in [4.69, 9.17) is 9.47 Å². The van der Waals surface area contributed by atoms with Gasteiger partial charge in [0.15, 0.2) is 0 Å². The van der Waals surface area contributed by atoms with Crippen molar-refractivity contribution >= 4 is 35.0 Å². The third-order valence-corrected chi connectivity index (χ3v) is 4.86. The Balaban J connectivity index is 2.08. The largest absolute Gasteiger partial charge is 0.497 e. The monoisotopic (exact) mass is 369 g/mol. The van der Waals surface area contributed by atoms with Crippen LogP contribution in [0, 0.1) is 0 Å². The van der Waals surface area contributed by atoms with Crippen LogP contribution >= 0.6 is 11.3 Å². The average molecular weight is 369 g/mol. The molecule has 5 nitrogen and oxygen atoms in total. The maximum Gasteiger partial charge on any atom is 0.340 e. The SMILES string of the molecule is CCOC(=O)C1=C(C)N(c2ccc(OC)cc2)C(=O)C1=Cc1cccs1. The van der Waals surface area contributed by atoms with Crippen molar-refractivity contribution < 1.29 is 19.1 Å². The zero-order chi connectivity index (χ0) is 18.7. The smallest absolute Gasteiger partial charge is 0.340 e. The molecule has 1 aliphatic rings. The molecule has 3 rings (SSSR count). The van der Waals surface area contributed by atoms with Crippen molar-refractivity contribution in [2.24, 2.45) is 0 Å². The molecule has 0 spiro atoms. The zero-order valence-corrected chi connectivity index (χ0v) is 15.6. The summed E-state index contributed by atoms with van der Waals surface area (Å²) in [7, 11) is 1.59. The molecular weight excluding hydrogens is 350 g/mol. The number of ether oxygens (including phenoxy) is 2. The van der Waals surface area contributed by atoms with E-state index >= 15 is 0 Å². The normalized spacial score (nSPS) is 15.7. The van der Waals surface area contributed by atoms with Crippen molar-refractivity contribution in [2.75, 3.05) is 18.6 Å². The average Bonchev–Trinajstić information content (AvgIpc) is 3.23. The Labute approximate surface area is 156 Å². The van der Waals surface area contributed by atoms with Crippen LogP contribution in [-0.4, -0.2) is 25.6 Å². The lowest BCUT2D eigenvalue weighted by atomic mass is 10.1. The molecule has 1 aliphatic heterocycles. The summed E-state index contributed by atoms with van der Waals surface area (Å²) in [6.07, 6.45) is 1.74. The van der Waals surface area contributed by atoms with Crippen LogP contribution in [0.5, 0.6) is 5.75 Å². The Bertz CT molecular complexity index is 879. The molecule has 0 atom stereocenters. The highest BCUT2D eigenvalue weighted by molar-refractivity contribution is 7.10. The first-order chi connectivity index (χ1) is 12.6. The van der Waals surface area contributed by atoms with E-state index in [1.807, 2.05) is 17.5 Å². The van der Waals surface area contributed by atoms with Crippen LogP contribution in [0.3, 0.4) is 0 Å². The molecule has 1 aromatic heterocycles. The van der Waals surface area contributed by atoms with Crippen molar-refractivity contribution in [1.29, 1.82) is 0 Å². The number of anilines is 1. The predicted molar refractivity (Wildman–Crippen MR) is 102 cm³/mol. The predicted octanol–water partition coefficient (Wildman–Crippen LogP) is 4.02. The van der Waals surface area contributed by atoms with Crippen LogP contribution in [0.25, 0.3) is 6.08 Å². The van der Waals surface area contributed by atoms with Gasteiger partial charge in [0, 0.05) is 16.3 Å². The van der Waals surface area contributed by atoms with Gasteiger partial charge in [0.25, 0.3) is 5.91 Å². The first-order valence-corrected chi connectivity index (χ1v) is 9.06. The number of methoxy groups -OCH3 is 1. The molecule has 0 unspecified atom stereocenters. The fourth-order valence-electron chi connectivity index (χ4n) is 2.84. The van der Waals surface area contributed by atoms with Gasteiger partial charge in [-0.15, -0.1) is 11.3 Å². The second-order valence-corrected chi connectivity index (χ2v) is 6.57. The Morgan fingerprint density at radius 3 is 2.54 bits per heavy atom. The lowest BCUT2D eigenvalue weighted by molar-refractivity contribution is -0.138. The maximum atomic E-state index is 13.1. The minimum Gasteiger partial charge on any atom is -0.497 e. The molecule has 2 heterocycles. The zero-order valence-electron chi connectivity index (χ0n) is 14.8. The minimum atomic E-state index is -0.489. The second-order valence-electron chi connectivity index (χ2n) is 5.59. The highest BCUT2D eigenvalue weighted by Crippen LogP contribution is 2.36. The molecular formula is C20H19NO4S. The van der Waals surface area contributed by atoms with Crippen LogP contribution in [0.1, 0.15) is 18.7 Å². The molecule has 134 valence electrons. The second kappa shape index (κ2) is 7.58. The molecule has 0 saturated heterocycles. The molecule has 0 fully saturated rings. The Kier molecular flexibility index (Phi) is 5.23. The number of allylic oxidation sites excluding steroid dienone is 1. The highest BCUT2D eigenvalue weighted by atomic mass is 32.1. The van der Waals surface area contributed by atoms with E-state index in [1.165, 1.54) is 16.2 Å². The number of nitrogens with zero attached hydrogens (tertiary/aromatic N) is 1. The van der Waals surface area contributed by atoms with Crippen molar-refractivity contribution in [3.05, 3.63) is 63.5 Å². The number of carbonyl (C=O) groups excluding carboxylic acids is 2. The van der Waals surface area contributed by atoms with E-state index in [2.05, 4.69) is 0 Å². The first kappa shape index (κ1) is 17.9. The van der Waals surface area contributed by atoms with Gasteiger partial charge in [-0.2, -0.15) is 0 Å². The Morgan fingerprint density at radius 1 is 1.23 bits per heavy atom.